The normalized spacial score (nSPS) is 17.2. The van der Waals surface area contributed by atoms with E-state index in [1.54, 1.807) is 0 Å². The molecule has 0 aromatic carbocycles. The van der Waals surface area contributed by atoms with Gasteiger partial charge in [0.15, 0.2) is 0 Å². The van der Waals surface area contributed by atoms with Crippen molar-refractivity contribution in [3.8, 4) is 0 Å². The number of halogens is 1. The van der Waals surface area contributed by atoms with E-state index in [-0.39, 0.29) is 16.6 Å². The van der Waals surface area contributed by atoms with E-state index in [9.17, 15) is 4.79 Å². The van der Waals surface area contributed by atoms with Crippen LogP contribution in [0.5, 0.6) is 0 Å². The van der Waals surface area contributed by atoms with Gasteiger partial charge in [0.25, 0.3) is 5.56 Å². The SMILES string of the molecule is NC1CN(c2cn[nH]c(=O)c2Cl)C1. The van der Waals surface area contributed by atoms with Crippen LogP contribution in [0.1, 0.15) is 0 Å². The number of aromatic amines is 1. The minimum Gasteiger partial charge on any atom is -0.366 e. The first kappa shape index (κ1) is 8.52. The number of nitrogens with one attached hydrogen (secondary N) is 1. The number of anilines is 1. The molecule has 0 saturated carbocycles. The molecule has 70 valence electrons. The molecule has 1 fully saturated rings. The number of rotatable bonds is 1. The zero-order valence-electron chi connectivity index (χ0n) is 6.83. The van der Waals surface area contributed by atoms with Crippen molar-refractivity contribution in [1.29, 1.82) is 0 Å². The molecule has 1 aromatic rings. The van der Waals surface area contributed by atoms with E-state index in [1.165, 1.54) is 6.20 Å². The first-order valence-electron chi connectivity index (χ1n) is 3.92. The molecule has 3 N–H and O–H groups in total. The Morgan fingerprint density at radius 2 is 2.38 bits per heavy atom. The van der Waals surface area contributed by atoms with Crippen LogP contribution in [-0.4, -0.2) is 29.3 Å². The Balaban J connectivity index is 2.31. The molecule has 0 spiro atoms. The molecule has 1 aliphatic heterocycles. The van der Waals surface area contributed by atoms with Gasteiger partial charge in [-0.3, -0.25) is 4.79 Å². The highest BCUT2D eigenvalue weighted by Crippen LogP contribution is 2.24. The van der Waals surface area contributed by atoms with Crippen LogP contribution in [0.2, 0.25) is 5.02 Å². The molecule has 0 atom stereocenters. The first-order chi connectivity index (χ1) is 6.18. The van der Waals surface area contributed by atoms with E-state index in [0.717, 1.165) is 13.1 Å². The monoisotopic (exact) mass is 200 g/mol. The zero-order valence-corrected chi connectivity index (χ0v) is 7.58. The van der Waals surface area contributed by atoms with Gasteiger partial charge >= 0.3 is 0 Å². The van der Waals surface area contributed by atoms with Crippen LogP contribution < -0.4 is 16.2 Å². The molecule has 2 heterocycles. The van der Waals surface area contributed by atoms with Crippen molar-refractivity contribution in [2.24, 2.45) is 5.73 Å². The summed E-state index contributed by atoms with van der Waals surface area (Å²) in [5.74, 6) is 0. The smallest absolute Gasteiger partial charge is 0.285 e. The molecule has 0 radical (unpaired) electrons. The van der Waals surface area contributed by atoms with Gasteiger partial charge in [0, 0.05) is 19.1 Å². The number of hydrogen-bond acceptors (Lipinski definition) is 4. The zero-order chi connectivity index (χ0) is 9.42. The maximum Gasteiger partial charge on any atom is 0.285 e. The largest absolute Gasteiger partial charge is 0.366 e. The highest BCUT2D eigenvalue weighted by atomic mass is 35.5. The Bertz CT molecular complexity index is 371. The molecule has 13 heavy (non-hydrogen) atoms. The average Bonchev–Trinajstić information content (AvgIpc) is 2.05. The standard InChI is InChI=1S/C7H9ClN4O/c8-6-5(1-10-11-7(6)13)12-2-4(9)3-12/h1,4H,2-3,9H2,(H,11,13). The number of nitrogens with two attached hydrogens (primary N) is 1. The lowest BCUT2D eigenvalue weighted by Crippen LogP contribution is -2.56. The maximum atomic E-state index is 11.1. The topological polar surface area (TPSA) is 75.0 Å². The van der Waals surface area contributed by atoms with Gasteiger partial charge < -0.3 is 10.6 Å². The van der Waals surface area contributed by atoms with E-state index in [4.69, 9.17) is 17.3 Å². The molecule has 0 unspecified atom stereocenters. The summed E-state index contributed by atoms with van der Waals surface area (Å²) in [6.07, 6.45) is 1.54. The predicted octanol–water partition coefficient (Wildman–Crippen LogP) is -0.429. The van der Waals surface area contributed by atoms with E-state index in [0.29, 0.717) is 5.69 Å². The van der Waals surface area contributed by atoms with E-state index >= 15 is 0 Å². The fourth-order valence-corrected chi connectivity index (χ4v) is 1.51. The number of H-pyrrole nitrogens is 1. The molecule has 0 amide bonds. The van der Waals surface area contributed by atoms with Crippen molar-refractivity contribution in [3.63, 3.8) is 0 Å². The van der Waals surface area contributed by atoms with Crippen molar-refractivity contribution in [2.75, 3.05) is 18.0 Å². The van der Waals surface area contributed by atoms with Crippen molar-refractivity contribution >= 4 is 17.3 Å². The lowest BCUT2D eigenvalue weighted by molar-refractivity contribution is 0.518. The second kappa shape index (κ2) is 3.01. The van der Waals surface area contributed by atoms with Crippen molar-refractivity contribution < 1.29 is 0 Å². The Morgan fingerprint density at radius 3 is 3.00 bits per heavy atom. The second-order valence-electron chi connectivity index (χ2n) is 3.06. The summed E-state index contributed by atoms with van der Waals surface area (Å²) < 4.78 is 0. The third-order valence-corrected chi connectivity index (χ3v) is 2.39. The summed E-state index contributed by atoms with van der Waals surface area (Å²) in [6, 6.07) is 0.176. The molecule has 1 aromatic heterocycles. The lowest BCUT2D eigenvalue weighted by Gasteiger charge is -2.38. The second-order valence-corrected chi connectivity index (χ2v) is 3.44. The Morgan fingerprint density at radius 1 is 1.69 bits per heavy atom. The minimum atomic E-state index is -0.361. The lowest BCUT2D eigenvalue weighted by atomic mass is 10.1. The first-order valence-corrected chi connectivity index (χ1v) is 4.30. The van der Waals surface area contributed by atoms with Crippen LogP contribution in [-0.2, 0) is 0 Å². The third-order valence-electron chi connectivity index (χ3n) is 2.03. The van der Waals surface area contributed by atoms with Crippen LogP contribution in [0.25, 0.3) is 0 Å². The number of hydrogen-bond donors (Lipinski definition) is 2. The molecule has 1 aliphatic rings. The Hall–Kier alpha value is -1.07. The van der Waals surface area contributed by atoms with Gasteiger partial charge in [0.05, 0.1) is 11.9 Å². The summed E-state index contributed by atoms with van der Waals surface area (Å²) in [6.45, 7) is 1.45. The fraction of sp³-hybridized carbons (Fsp3) is 0.429. The van der Waals surface area contributed by atoms with Gasteiger partial charge in [-0.2, -0.15) is 5.10 Å². The van der Waals surface area contributed by atoms with E-state index < -0.39 is 0 Å². The molecule has 0 bridgehead atoms. The Labute approximate surface area is 79.5 Å². The van der Waals surface area contributed by atoms with Gasteiger partial charge in [-0.05, 0) is 0 Å². The summed E-state index contributed by atoms with van der Waals surface area (Å²) in [7, 11) is 0. The summed E-state index contributed by atoms with van der Waals surface area (Å²) in [4.78, 5) is 13.0. The van der Waals surface area contributed by atoms with Gasteiger partial charge in [-0.1, -0.05) is 11.6 Å². The van der Waals surface area contributed by atoms with Crippen LogP contribution in [0, 0.1) is 0 Å². The van der Waals surface area contributed by atoms with Gasteiger partial charge in [-0.15, -0.1) is 0 Å². The molecule has 5 nitrogen and oxygen atoms in total. The summed E-state index contributed by atoms with van der Waals surface area (Å²) in [5, 5.41) is 6.11. The molecule has 6 heteroatoms. The van der Waals surface area contributed by atoms with Crippen LogP contribution in [0.15, 0.2) is 11.0 Å². The Kier molecular flexibility index (Phi) is 1.97. The van der Waals surface area contributed by atoms with Crippen LogP contribution in [0.3, 0.4) is 0 Å². The molecular weight excluding hydrogens is 192 g/mol. The van der Waals surface area contributed by atoms with Gasteiger partial charge in [-0.25, -0.2) is 5.10 Å². The quantitative estimate of drug-likeness (QED) is 0.645. The van der Waals surface area contributed by atoms with Crippen LogP contribution >= 0.6 is 11.6 Å². The van der Waals surface area contributed by atoms with Gasteiger partial charge in [0.1, 0.15) is 5.02 Å². The van der Waals surface area contributed by atoms with Gasteiger partial charge in [0.2, 0.25) is 0 Å². The van der Waals surface area contributed by atoms with Crippen molar-refractivity contribution in [2.45, 2.75) is 6.04 Å². The molecule has 2 rings (SSSR count). The average molecular weight is 201 g/mol. The third kappa shape index (κ3) is 1.40. The summed E-state index contributed by atoms with van der Waals surface area (Å²) >= 11 is 5.78. The predicted molar refractivity (Wildman–Crippen MR) is 50.1 cm³/mol. The summed E-state index contributed by atoms with van der Waals surface area (Å²) in [5.41, 5.74) is 5.90. The van der Waals surface area contributed by atoms with E-state index in [2.05, 4.69) is 10.2 Å². The number of aromatic nitrogens is 2. The molecule has 0 aliphatic carbocycles. The fourth-order valence-electron chi connectivity index (χ4n) is 1.30. The molecule has 1 saturated heterocycles. The van der Waals surface area contributed by atoms with Crippen LogP contribution in [0.4, 0.5) is 5.69 Å². The minimum absolute atomic E-state index is 0.176. The molecular formula is C7H9ClN4O. The van der Waals surface area contributed by atoms with Crippen molar-refractivity contribution in [1.82, 2.24) is 10.2 Å². The highest BCUT2D eigenvalue weighted by molar-refractivity contribution is 6.33. The maximum absolute atomic E-state index is 11.1. The van der Waals surface area contributed by atoms with Crippen molar-refractivity contribution in [3.05, 3.63) is 21.6 Å². The number of nitrogens with zero attached hydrogens (tertiary/aromatic N) is 2. The van der Waals surface area contributed by atoms with E-state index in [1.807, 2.05) is 4.90 Å². The highest BCUT2D eigenvalue weighted by Gasteiger charge is 2.25.